The number of Topliss-reactive ketones (excluding diaryl/α,β-unsaturated/α-hetero) is 1. The molecule has 0 radical (unpaired) electrons. The third kappa shape index (κ3) is 1.49. The summed E-state index contributed by atoms with van der Waals surface area (Å²) >= 11 is 0. The number of aryl methyl sites for hydroxylation is 1. The van der Waals surface area contributed by atoms with Crippen molar-refractivity contribution < 1.29 is 9.59 Å². The van der Waals surface area contributed by atoms with Crippen LogP contribution in [0.4, 0.5) is 5.69 Å². The molecule has 1 amide bonds. The van der Waals surface area contributed by atoms with Crippen LogP contribution in [0.25, 0.3) is 0 Å². The van der Waals surface area contributed by atoms with Crippen LogP contribution < -0.4 is 4.90 Å². The van der Waals surface area contributed by atoms with Crippen LogP contribution in [0.15, 0.2) is 18.2 Å². The predicted molar refractivity (Wildman–Crippen MR) is 65.0 cm³/mol. The molecule has 1 atom stereocenters. The first-order valence-corrected chi connectivity index (χ1v) is 6.12. The Kier molecular flexibility index (Phi) is 2.28. The number of benzene rings is 1. The van der Waals surface area contributed by atoms with Gasteiger partial charge in [0.05, 0.1) is 11.7 Å². The Hall–Kier alpha value is -1.64. The third-order valence-corrected chi connectivity index (χ3v) is 3.74. The molecule has 0 spiro atoms. The van der Waals surface area contributed by atoms with Gasteiger partial charge < -0.3 is 4.90 Å². The SMILES string of the molecule is CC(=O)C1Cc2cccc3c2N1C(=O)CCC3. The van der Waals surface area contributed by atoms with Gasteiger partial charge in [-0.05, 0) is 30.9 Å². The minimum Gasteiger partial charge on any atom is -0.301 e. The maximum Gasteiger partial charge on any atom is 0.227 e. The van der Waals surface area contributed by atoms with Gasteiger partial charge in [0.2, 0.25) is 5.91 Å². The fraction of sp³-hybridized carbons (Fsp3) is 0.429. The van der Waals surface area contributed by atoms with Crippen LogP contribution in [0.3, 0.4) is 0 Å². The quantitative estimate of drug-likeness (QED) is 0.737. The Morgan fingerprint density at radius 1 is 1.29 bits per heavy atom. The summed E-state index contributed by atoms with van der Waals surface area (Å²) in [5.41, 5.74) is 3.39. The number of rotatable bonds is 1. The Bertz CT molecular complexity index is 507. The summed E-state index contributed by atoms with van der Waals surface area (Å²) in [6.07, 6.45) is 3.06. The Morgan fingerprint density at radius 3 is 2.82 bits per heavy atom. The first-order valence-electron chi connectivity index (χ1n) is 6.12. The lowest BCUT2D eigenvalue weighted by Crippen LogP contribution is -2.41. The number of carbonyl (C=O) groups excluding carboxylic acids is 2. The highest BCUT2D eigenvalue weighted by Gasteiger charge is 2.38. The van der Waals surface area contributed by atoms with E-state index in [0.717, 1.165) is 24.1 Å². The zero-order chi connectivity index (χ0) is 12.0. The van der Waals surface area contributed by atoms with Gasteiger partial charge in [0.15, 0.2) is 5.78 Å². The summed E-state index contributed by atoms with van der Waals surface area (Å²) < 4.78 is 0. The lowest BCUT2D eigenvalue weighted by molar-refractivity contribution is -0.123. The molecule has 2 aliphatic heterocycles. The van der Waals surface area contributed by atoms with E-state index in [9.17, 15) is 9.59 Å². The van der Waals surface area contributed by atoms with E-state index in [2.05, 4.69) is 6.07 Å². The molecule has 3 rings (SSSR count). The van der Waals surface area contributed by atoms with E-state index in [1.807, 2.05) is 12.1 Å². The van der Waals surface area contributed by atoms with Crippen LogP contribution in [-0.4, -0.2) is 17.7 Å². The predicted octanol–water partition coefficient (Wildman–Crippen LogP) is 1.87. The van der Waals surface area contributed by atoms with E-state index in [1.165, 1.54) is 5.56 Å². The molecule has 0 bridgehead atoms. The van der Waals surface area contributed by atoms with Gasteiger partial charge in [-0.3, -0.25) is 9.59 Å². The van der Waals surface area contributed by atoms with Gasteiger partial charge in [-0.2, -0.15) is 0 Å². The molecular formula is C14H15NO2. The average molecular weight is 229 g/mol. The fourth-order valence-corrected chi connectivity index (χ4v) is 2.95. The summed E-state index contributed by atoms with van der Waals surface area (Å²) in [5, 5.41) is 0. The van der Waals surface area contributed by atoms with Crippen molar-refractivity contribution in [2.75, 3.05) is 4.90 Å². The minimum absolute atomic E-state index is 0.0856. The molecule has 3 heteroatoms. The maximum atomic E-state index is 12.1. The Labute approximate surface area is 100 Å². The number of anilines is 1. The molecule has 88 valence electrons. The fourth-order valence-electron chi connectivity index (χ4n) is 2.95. The molecule has 2 aliphatic rings. The molecule has 0 fully saturated rings. The van der Waals surface area contributed by atoms with E-state index in [-0.39, 0.29) is 17.7 Å². The van der Waals surface area contributed by atoms with E-state index in [1.54, 1.807) is 11.8 Å². The second-order valence-corrected chi connectivity index (χ2v) is 4.87. The highest BCUT2D eigenvalue weighted by atomic mass is 16.2. The van der Waals surface area contributed by atoms with Crippen molar-refractivity contribution in [3.63, 3.8) is 0 Å². The van der Waals surface area contributed by atoms with Gasteiger partial charge in [0.1, 0.15) is 0 Å². The first-order chi connectivity index (χ1) is 8.18. The van der Waals surface area contributed by atoms with E-state index in [0.29, 0.717) is 12.8 Å². The first kappa shape index (κ1) is 10.5. The highest BCUT2D eigenvalue weighted by Crippen LogP contribution is 2.38. The molecular weight excluding hydrogens is 214 g/mol. The normalized spacial score (nSPS) is 22.3. The van der Waals surface area contributed by atoms with Crippen molar-refractivity contribution in [1.29, 1.82) is 0 Å². The van der Waals surface area contributed by atoms with Gasteiger partial charge in [-0.25, -0.2) is 0 Å². The van der Waals surface area contributed by atoms with Gasteiger partial charge in [0, 0.05) is 12.8 Å². The molecule has 17 heavy (non-hydrogen) atoms. The molecule has 1 aromatic rings. The average Bonchev–Trinajstić information content (AvgIpc) is 2.60. The second kappa shape index (κ2) is 3.69. The van der Waals surface area contributed by atoms with E-state index < -0.39 is 0 Å². The zero-order valence-corrected chi connectivity index (χ0v) is 9.90. The monoisotopic (exact) mass is 229 g/mol. The summed E-state index contributed by atoms with van der Waals surface area (Å²) in [4.78, 5) is 25.6. The standard InChI is InChI=1S/C14H15NO2/c1-9(16)12-8-11-6-2-4-10-5-3-7-13(17)15(12)14(10)11/h2,4,6,12H,3,5,7-8H2,1H3. The van der Waals surface area contributed by atoms with E-state index >= 15 is 0 Å². The third-order valence-electron chi connectivity index (χ3n) is 3.74. The molecule has 0 N–H and O–H groups in total. The van der Waals surface area contributed by atoms with Crippen molar-refractivity contribution in [1.82, 2.24) is 0 Å². The topological polar surface area (TPSA) is 37.4 Å². The molecule has 3 nitrogen and oxygen atoms in total. The molecule has 0 saturated carbocycles. The van der Waals surface area contributed by atoms with Crippen LogP contribution in [0.2, 0.25) is 0 Å². The number of para-hydroxylation sites is 1. The summed E-state index contributed by atoms with van der Waals surface area (Å²) in [7, 11) is 0. The molecule has 1 unspecified atom stereocenters. The smallest absolute Gasteiger partial charge is 0.227 e. The van der Waals surface area contributed by atoms with Crippen molar-refractivity contribution in [3.05, 3.63) is 29.3 Å². The molecule has 0 aliphatic carbocycles. The summed E-state index contributed by atoms with van der Waals surface area (Å²) in [6, 6.07) is 5.88. The number of hydrogen-bond donors (Lipinski definition) is 0. The summed E-state index contributed by atoms with van der Waals surface area (Å²) in [5.74, 6) is 0.191. The highest BCUT2D eigenvalue weighted by molar-refractivity contribution is 6.04. The van der Waals surface area contributed by atoms with Crippen LogP contribution in [0.5, 0.6) is 0 Å². The van der Waals surface area contributed by atoms with Crippen molar-refractivity contribution in [3.8, 4) is 0 Å². The van der Waals surface area contributed by atoms with Crippen molar-refractivity contribution in [2.45, 2.75) is 38.6 Å². The Balaban J connectivity index is 2.17. The van der Waals surface area contributed by atoms with E-state index in [4.69, 9.17) is 0 Å². The van der Waals surface area contributed by atoms with Crippen molar-refractivity contribution >= 4 is 17.4 Å². The van der Waals surface area contributed by atoms with Crippen molar-refractivity contribution in [2.24, 2.45) is 0 Å². The van der Waals surface area contributed by atoms with Crippen LogP contribution in [-0.2, 0) is 22.4 Å². The number of nitrogens with zero attached hydrogens (tertiary/aromatic N) is 1. The van der Waals surface area contributed by atoms with Gasteiger partial charge in [-0.15, -0.1) is 0 Å². The van der Waals surface area contributed by atoms with Gasteiger partial charge in [0.25, 0.3) is 0 Å². The molecule has 2 heterocycles. The molecule has 0 aromatic heterocycles. The van der Waals surface area contributed by atoms with Gasteiger partial charge in [-0.1, -0.05) is 18.2 Å². The largest absolute Gasteiger partial charge is 0.301 e. The minimum atomic E-state index is -0.267. The lowest BCUT2D eigenvalue weighted by atomic mass is 10.0. The number of amides is 1. The molecule has 1 aromatic carbocycles. The van der Waals surface area contributed by atoms with Gasteiger partial charge >= 0.3 is 0 Å². The lowest BCUT2D eigenvalue weighted by Gasteiger charge is -2.23. The Morgan fingerprint density at radius 2 is 2.06 bits per heavy atom. The van der Waals surface area contributed by atoms with Crippen LogP contribution >= 0.6 is 0 Å². The molecule has 0 saturated heterocycles. The second-order valence-electron chi connectivity index (χ2n) is 4.87. The van der Waals surface area contributed by atoms with Crippen LogP contribution in [0.1, 0.15) is 30.9 Å². The zero-order valence-electron chi connectivity index (χ0n) is 9.90. The maximum absolute atomic E-state index is 12.1. The number of ketones is 1. The van der Waals surface area contributed by atoms with Crippen LogP contribution in [0, 0.1) is 0 Å². The number of carbonyl (C=O) groups is 2. The summed E-state index contributed by atoms with van der Waals surface area (Å²) in [6.45, 7) is 1.58. The number of hydrogen-bond acceptors (Lipinski definition) is 2.